The Morgan fingerprint density at radius 3 is 2.19 bits per heavy atom. The van der Waals surface area contributed by atoms with Gasteiger partial charge in [0.25, 0.3) is 11.5 Å². The number of anilines is 1. The van der Waals surface area contributed by atoms with E-state index in [0.717, 1.165) is 5.56 Å². The van der Waals surface area contributed by atoms with E-state index in [1.165, 1.54) is 0 Å². The molecule has 130 valence electrons. The summed E-state index contributed by atoms with van der Waals surface area (Å²) in [5.74, 6) is -0.000827. The second kappa shape index (κ2) is 6.65. The number of carbonyl (C=O) groups excluding carboxylic acids is 1. The Hall–Kier alpha value is -4.11. The smallest absolute Gasteiger partial charge is 0.270 e. The average Bonchev–Trinajstić information content (AvgIpc) is 2.71. The van der Waals surface area contributed by atoms with E-state index in [-0.39, 0.29) is 11.5 Å². The molecule has 2 aromatic carbocycles. The van der Waals surface area contributed by atoms with Crippen LogP contribution in [0.25, 0.3) is 22.8 Å². The van der Waals surface area contributed by atoms with Gasteiger partial charge in [0.1, 0.15) is 17.5 Å². The number of aromatic amines is 1. The van der Waals surface area contributed by atoms with Crippen LogP contribution in [0.1, 0.15) is 16.7 Å². The van der Waals surface area contributed by atoms with Crippen LogP contribution in [0, 0.1) is 11.3 Å². The Kier molecular flexibility index (Phi) is 4.03. The SMILES string of the molecule is N#Cc1c(-c2ccccc2)c2c([nH]c1=O)NNC(=O)/C2=C\c1ccccc1. The number of fused-ring (bicyclic) bond motifs is 1. The Labute approximate surface area is 154 Å². The van der Waals surface area contributed by atoms with Gasteiger partial charge in [-0.3, -0.25) is 20.4 Å². The van der Waals surface area contributed by atoms with Gasteiger partial charge in [0, 0.05) is 11.1 Å². The lowest BCUT2D eigenvalue weighted by Crippen LogP contribution is -2.37. The zero-order valence-corrected chi connectivity index (χ0v) is 14.1. The van der Waals surface area contributed by atoms with Crippen molar-refractivity contribution in [1.82, 2.24) is 10.4 Å². The maximum absolute atomic E-state index is 12.6. The van der Waals surface area contributed by atoms with Crippen molar-refractivity contribution in [2.45, 2.75) is 0 Å². The Bertz CT molecular complexity index is 1160. The molecule has 3 aromatic rings. The van der Waals surface area contributed by atoms with Crippen LogP contribution in [0.4, 0.5) is 5.82 Å². The van der Waals surface area contributed by atoms with Gasteiger partial charge in [0.15, 0.2) is 0 Å². The van der Waals surface area contributed by atoms with E-state index < -0.39 is 5.56 Å². The van der Waals surface area contributed by atoms with Crippen LogP contribution in [-0.2, 0) is 4.79 Å². The summed E-state index contributed by atoms with van der Waals surface area (Å²) in [5, 5.41) is 9.59. The molecule has 6 heteroatoms. The maximum Gasteiger partial charge on any atom is 0.270 e. The van der Waals surface area contributed by atoms with E-state index in [2.05, 4.69) is 15.8 Å². The van der Waals surface area contributed by atoms with Crippen molar-refractivity contribution in [3.8, 4) is 17.2 Å². The molecule has 1 amide bonds. The first-order chi connectivity index (χ1) is 13.2. The Morgan fingerprint density at radius 2 is 1.52 bits per heavy atom. The third kappa shape index (κ3) is 2.87. The van der Waals surface area contributed by atoms with Crippen LogP contribution < -0.4 is 16.4 Å². The van der Waals surface area contributed by atoms with E-state index in [9.17, 15) is 14.9 Å². The quantitative estimate of drug-likeness (QED) is 0.616. The molecule has 0 unspecified atom stereocenters. The summed E-state index contributed by atoms with van der Waals surface area (Å²) < 4.78 is 0. The fourth-order valence-electron chi connectivity index (χ4n) is 3.12. The fourth-order valence-corrected chi connectivity index (χ4v) is 3.12. The Balaban J connectivity index is 2.08. The average molecular weight is 354 g/mol. The number of aromatic nitrogens is 1. The predicted octanol–water partition coefficient (Wildman–Crippen LogP) is 2.91. The molecule has 0 aliphatic carbocycles. The monoisotopic (exact) mass is 354 g/mol. The lowest BCUT2D eigenvalue weighted by molar-refractivity contribution is -0.115. The molecule has 2 heterocycles. The first-order valence-corrected chi connectivity index (χ1v) is 8.28. The summed E-state index contributed by atoms with van der Waals surface area (Å²) in [5.41, 5.74) is 7.52. The number of rotatable bonds is 2. The number of nitriles is 1. The van der Waals surface area contributed by atoms with E-state index in [4.69, 9.17) is 0 Å². The van der Waals surface area contributed by atoms with Crippen LogP contribution >= 0.6 is 0 Å². The molecule has 0 bridgehead atoms. The highest BCUT2D eigenvalue weighted by Crippen LogP contribution is 2.37. The second-order valence-corrected chi connectivity index (χ2v) is 5.98. The molecule has 0 saturated heterocycles. The van der Waals surface area contributed by atoms with Gasteiger partial charge in [-0.25, -0.2) is 0 Å². The normalized spacial score (nSPS) is 14.0. The molecule has 3 N–H and O–H groups in total. The lowest BCUT2D eigenvalue weighted by atomic mass is 9.90. The summed E-state index contributed by atoms with van der Waals surface area (Å²) in [6.45, 7) is 0. The summed E-state index contributed by atoms with van der Waals surface area (Å²) >= 11 is 0. The molecule has 1 aliphatic heterocycles. The van der Waals surface area contributed by atoms with Crippen molar-refractivity contribution in [3.05, 3.63) is 87.7 Å². The minimum absolute atomic E-state index is 0.0320. The number of nitrogens with one attached hydrogen (secondary N) is 3. The topological polar surface area (TPSA) is 97.8 Å². The lowest BCUT2D eigenvalue weighted by Gasteiger charge is -2.24. The molecule has 0 radical (unpaired) electrons. The number of carbonyl (C=O) groups is 1. The Morgan fingerprint density at radius 1 is 0.852 bits per heavy atom. The van der Waals surface area contributed by atoms with E-state index in [0.29, 0.717) is 28.1 Å². The number of pyridine rings is 1. The molecular formula is C21H14N4O2. The molecule has 27 heavy (non-hydrogen) atoms. The molecule has 1 aromatic heterocycles. The largest absolute Gasteiger partial charge is 0.306 e. The first-order valence-electron chi connectivity index (χ1n) is 8.28. The first kappa shape index (κ1) is 16.4. The number of benzene rings is 2. The van der Waals surface area contributed by atoms with Crippen LogP contribution in [-0.4, -0.2) is 10.9 Å². The van der Waals surface area contributed by atoms with Crippen LogP contribution in [0.3, 0.4) is 0 Å². The van der Waals surface area contributed by atoms with Crippen LogP contribution in [0.5, 0.6) is 0 Å². The van der Waals surface area contributed by atoms with Crippen molar-refractivity contribution in [1.29, 1.82) is 5.26 Å². The molecule has 4 rings (SSSR count). The van der Waals surface area contributed by atoms with Crippen molar-refractivity contribution in [2.75, 3.05) is 5.43 Å². The van der Waals surface area contributed by atoms with Gasteiger partial charge in [-0.05, 0) is 17.2 Å². The van der Waals surface area contributed by atoms with E-state index in [1.54, 1.807) is 6.08 Å². The number of amides is 1. The van der Waals surface area contributed by atoms with Crippen molar-refractivity contribution in [2.24, 2.45) is 0 Å². The predicted molar refractivity (Wildman–Crippen MR) is 103 cm³/mol. The summed E-state index contributed by atoms with van der Waals surface area (Å²) in [6, 6.07) is 20.5. The highest BCUT2D eigenvalue weighted by Gasteiger charge is 2.28. The van der Waals surface area contributed by atoms with Gasteiger partial charge >= 0.3 is 0 Å². The number of hydrazine groups is 1. The van der Waals surface area contributed by atoms with Gasteiger partial charge in [0.2, 0.25) is 0 Å². The standard InChI is InChI=1S/C21H14N4O2/c22-12-16-17(14-9-5-2-6-10-14)18-15(11-13-7-3-1-4-8-13)21(27)25-24-19(18)23-20(16)26/h1-11H,(H,25,27)(H2,23,24,26)/b15-11-. The minimum Gasteiger partial charge on any atom is -0.306 e. The summed E-state index contributed by atoms with van der Waals surface area (Å²) in [4.78, 5) is 27.7. The minimum atomic E-state index is -0.516. The molecule has 1 aliphatic rings. The third-order valence-electron chi connectivity index (χ3n) is 4.32. The van der Waals surface area contributed by atoms with Gasteiger partial charge in [-0.1, -0.05) is 60.7 Å². The van der Waals surface area contributed by atoms with Crippen molar-refractivity contribution in [3.63, 3.8) is 0 Å². The second-order valence-electron chi connectivity index (χ2n) is 5.98. The van der Waals surface area contributed by atoms with Gasteiger partial charge < -0.3 is 4.98 Å². The maximum atomic E-state index is 12.6. The summed E-state index contributed by atoms with van der Waals surface area (Å²) in [6.07, 6.45) is 1.74. The third-order valence-corrected chi connectivity index (χ3v) is 4.32. The number of hydrogen-bond acceptors (Lipinski definition) is 4. The zero-order valence-electron chi connectivity index (χ0n) is 14.1. The van der Waals surface area contributed by atoms with Gasteiger partial charge in [-0.2, -0.15) is 5.26 Å². The van der Waals surface area contributed by atoms with Crippen molar-refractivity contribution >= 4 is 23.4 Å². The molecule has 0 saturated carbocycles. The van der Waals surface area contributed by atoms with Gasteiger partial charge in [-0.15, -0.1) is 0 Å². The number of hydrogen-bond donors (Lipinski definition) is 3. The molecule has 0 spiro atoms. The van der Waals surface area contributed by atoms with Crippen LogP contribution in [0.2, 0.25) is 0 Å². The van der Waals surface area contributed by atoms with E-state index in [1.807, 2.05) is 66.7 Å². The number of H-pyrrole nitrogens is 1. The van der Waals surface area contributed by atoms with Crippen molar-refractivity contribution < 1.29 is 4.79 Å². The molecule has 6 nitrogen and oxygen atoms in total. The molecular weight excluding hydrogens is 340 g/mol. The highest BCUT2D eigenvalue weighted by molar-refractivity contribution is 6.28. The zero-order chi connectivity index (χ0) is 18.8. The molecule has 0 fully saturated rings. The molecule has 0 atom stereocenters. The van der Waals surface area contributed by atoms with Crippen LogP contribution in [0.15, 0.2) is 65.5 Å². The fraction of sp³-hybridized carbons (Fsp3) is 0. The number of nitrogens with zero attached hydrogens (tertiary/aromatic N) is 1. The van der Waals surface area contributed by atoms with E-state index >= 15 is 0 Å². The highest BCUT2D eigenvalue weighted by atomic mass is 16.2. The summed E-state index contributed by atoms with van der Waals surface area (Å²) in [7, 11) is 0. The van der Waals surface area contributed by atoms with Gasteiger partial charge in [0.05, 0.1) is 5.57 Å².